The minimum absolute atomic E-state index is 0.0658. The normalized spacial score (nSPS) is 11.1. The second kappa shape index (κ2) is 5.33. The van der Waals surface area contributed by atoms with E-state index in [0.717, 1.165) is 12.1 Å². The average Bonchev–Trinajstić information content (AvgIpc) is 2.41. The molecule has 2 aromatic rings. The fraction of sp³-hybridized carbons (Fsp3) is 0.0833. The number of nitrogens with two attached hydrogens (primary N) is 1. The van der Waals surface area contributed by atoms with Gasteiger partial charge in [-0.3, -0.25) is 4.72 Å². The van der Waals surface area contributed by atoms with E-state index in [1.54, 1.807) is 0 Å². The summed E-state index contributed by atoms with van der Waals surface area (Å²) in [6, 6.07) is 6.23. The highest BCUT2D eigenvalue weighted by molar-refractivity contribution is 7.92. The molecule has 0 saturated carbocycles. The summed E-state index contributed by atoms with van der Waals surface area (Å²) in [5.74, 6) is -0.595. The van der Waals surface area contributed by atoms with Gasteiger partial charge in [0.25, 0.3) is 10.0 Å². The molecule has 106 valence electrons. The molecule has 1 aromatic heterocycles. The van der Waals surface area contributed by atoms with Gasteiger partial charge in [-0.2, -0.15) is 0 Å². The first kappa shape index (κ1) is 14.1. The minimum Gasteiger partial charge on any atom is -0.494 e. The maximum atomic E-state index is 13.1. The Morgan fingerprint density at radius 2 is 2.10 bits per heavy atom. The lowest BCUT2D eigenvalue weighted by atomic mass is 10.3. The summed E-state index contributed by atoms with van der Waals surface area (Å²) in [6.07, 6.45) is 1.38. The number of anilines is 2. The number of nitrogen functional groups attached to an aromatic ring is 1. The molecule has 0 spiro atoms. The van der Waals surface area contributed by atoms with E-state index >= 15 is 0 Å². The maximum absolute atomic E-state index is 13.1. The zero-order valence-corrected chi connectivity index (χ0v) is 11.3. The lowest BCUT2D eigenvalue weighted by Crippen LogP contribution is -2.16. The van der Waals surface area contributed by atoms with Crippen LogP contribution in [0, 0.1) is 5.82 Å². The lowest BCUT2D eigenvalue weighted by Gasteiger charge is -2.12. The molecular formula is C12H12FN3O3S. The first-order chi connectivity index (χ1) is 9.44. The summed E-state index contributed by atoms with van der Waals surface area (Å²) in [6.45, 7) is 0. The van der Waals surface area contributed by atoms with Crippen molar-refractivity contribution < 1.29 is 17.5 Å². The third-order valence-corrected chi connectivity index (χ3v) is 3.91. The van der Waals surface area contributed by atoms with E-state index in [0.29, 0.717) is 0 Å². The number of hydrogen-bond acceptors (Lipinski definition) is 5. The molecule has 0 saturated heterocycles. The molecule has 1 aromatic carbocycles. The van der Waals surface area contributed by atoms with Crippen molar-refractivity contribution in [2.75, 3.05) is 17.6 Å². The Bertz CT molecular complexity index is 734. The number of nitrogens with zero attached hydrogens (tertiary/aromatic N) is 1. The maximum Gasteiger partial charge on any atom is 0.265 e. The SMILES string of the molecule is COc1cc(F)ccc1NS(=O)(=O)c1cccnc1N. The van der Waals surface area contributed by atoms with Gasteiger partial charge in [-0.15, -0.1) is 0 Å². The topological polar surface area (TPSA) is 94.3 Å². The number of sulfonamides is 1. The van der Waals surface area contributed by atoms with Crippen molar-refractivity contribution in [3.05, 3.63) is 42.3 Å². The molecule has 0 bridgehead atoms. The minimum atomic E-state index is -3.93. The fourth-order valence-electron chi connectivity index (χ4n) is 1.58. The molecule has 0 aliphatic carbocycles. The van der Waals surface area contributed by atoms with Crippen LogP contribution in [0.15, 0.2) is 41.4 Å². The Kier molecular flexibility index (Phi) is 3.75. The highest BCUT2D eigenvalue weighted by Gasteiger charge is 2.19. The smallest absolute Gasteiger partial charge is 0.265 e. The molecule has 6 nitrogen and oxygen atoms in total. The number of nitrogens with one attached hydrogen (secondary N) is 1. The summed E-state index contributed by atoms with van der Waals surface area (Å²) in [5.41, 5.74) is 5.64. The largest absolute Gasteiger partial charge is 0.494 e. The van der Waals surface area contributed by atoms with Crippen LogP contribution in [0.3, 0.4) is 0 Å². The van der Waals surface area contributed by atoms with Crippen molar-refractivity contribution in [1.29, 1.82) is 0 Å². The van der Waals surface area contributed by atoms with Gasteiger partial charge in [-0.25, -0.2) is 17.8 Å². The number of benzene rings is 1. The van der Waals surface area contributed by atoms with Crippen LogP contribution in [0.25, 0.3) is 0 Å². The molecule has 0 atom stereocenters. The Morgan fingerprint density at radius 3 is 2.75 bits per heavy atom. The van der Waals surface area contributed by atoms with Crippen molar-refractivity contribution in [2.45, 2.75) is 4.90 Å². The van der Waals surface area contributed by atoms with Crippen LogP contribution in [0.1, 0.15) is 0 Å². The average molecular weight is 297 g/mol. The monoisotopic (exact) mass is 297 g/mol. The van der Waals surface area contributed by atoms with Gasteiger partial charge in [0.15, 0.2) is 0 Å². The summed E-state index contributed by atoms with van der Waals surface area (Å²) in [5, 5.41) is 0. The molecule has 0 radical (unpaired) electrons. The Balaban J connectivity index is 2.41. The zero-order valence-electron chi connectivity index (χ0n) is 10.5. The van der Waals surface area contributed by atoms with E-state index in [4.69, 9.17) is 10.5 Å². The molecule has 0 fully saturated rings. The Morgan fingerprint density at radius 1 is 1.35 bits per heavy atom. The highest BCUT2D eigenvalue weighted by atomic mass is 32.2. The zero-order chi connectivity index (χ0) is 14.8. The van der Waals surface area contributed by atoms with Crippen molar-refractivity contribution in [1.82, 2.24) is 4.98 Å². The first-order valence-corrected chi connectivity index (χ1v) is 6.99. The van der Waals surface area contributed by atoms with Gasteiger partial charge in [0.1, 0.15) is 22.3 Å². The Hall–Kier alpha value is -2.35. The van der Waals surface area contributed by atoms with Gasteiger partial charge in [0.2, 0.25) is 0 Å². The number of rotatable bonds is 4. The van der Waals surface area contributed by atoms with Gasteiger partial charge in [-0.1, -0.05) is 0 Å². The van der Waals surface area contributed by atoms with E-state index in [1.807, 2.05) is 0 Å². The quantitative estimate of drug-likeness (QED) is 0.894. The molecule has 3 N–H and O–H groups in total. The summed E-state index contributed by atoms with van der Waals surface area (Å²) in [7, 11) is -2.62. The van der Waals surface area contributed by atoms with E-state index in [-0.39, 0.29) is 22.2 Å². The van der Waals surface area contributed by atoms with E-state index < -0.39 is 15.8 Å². The lowest BCUT2D eigenvalue weighted by molar-refractivity contribution is 0.413. The molecule has 0 aliphatic rings. The molecule has 1 heterocycles. The molecule has 0 amide bonds. The second-order valence-corrected chi connectivity index (χ2v) is 5.49. The second-order valence-electron chi connectivity index (χ2n) is 3.84. The molecular weight excluding hydrogens is 285 g/mol. The van der Waals surface area contributed by atoms with Gasteiger partial charge in [-0.05, 0) is 24.3 Å². The summed E-state index contributed by atoms with van der Waals surface area (Å²) >= 11 is 0. The number of aromatic nitrogens is 1. The molecule has 2 rings (SSSR count). The molecule has 0 unspecified atom stereocenters. The number of pyridine rings is 1. The fourth-order valence-corrected chi connectivity index (χ4v) is 2.73. The van der Waals surface area contributed by atoms with Crippen LogP contribution >= 0.6 is 0 Å². The van der Waals surface area contributed by atoms with E-state index in [2.05, 4.69) is 9.71 Å². The third-order valence-electron chi connectivity index (χ3n) is 2.50. The molecule has 20 heavy (non-hydrogen) atoms. The standard InChI is InChI=1S/C12H12FN3O3S/c1-19-10-7-8(13)4-5-9(10)16-20(17,18)11-3-2-6-15-12(11)14/h2-7,16H,1H3,(H2,14,15). The number of methoxy groups -OCH3 is 1. The molecule has 8 heteroatoms. The van der Waals surface area contributed by atoms with Crippen LogP contribution in [0.2, 0.25) is 0 Å². The van der Waals surface area contributed by atoms with Crippen molar-refractivity contribution >= 4 is 21.5 Å². The number of halogens is 1. The molecule has 0 aliphatic heterocycles. The van der Waals surface area contributed by atoms with Crippen LogP contribution in [0.5, 0.6) is 5.75 Å². The number of hydrogen-bond donors (Lipinski definition) is 2. The van der Waals surface area contributed by atoms with Crippen LogP contribution < -0.4 is 15.2 Å². The third kappa shape index (κ3) is 2.80. The van der Waals surface area contributed by atoms with Crippen LogP contribution in [-0.4, -0.2) is 20.5 Å². The Labute approximate surface area is 115 Å². The van der Waals surface area contributed by atoms with Gasteiger partial charge in [0.05, 0.1) is 12.8 Å². The summed E-state index contributed by atoms with van der Waals surface area (Å²) in [4.78, 5) is 3.55. The van der Waals surface area contributed by atoms with Crippen molar-refractivity contribution in [3.63, 3.8) is 0 Å². The number of ether oxygens (including phenoxy) is 1. The highest BCUT2D eigenvalue weighted by Crippen LogP contribution is 2.28. The van der Waals surface area contributed by atoms with Crippen LogP contribution in [0.4, 0.5) is 15.9 Å². The van der Waals surface area contributed by atoms with Gasteiger partial charge >= 0.3 is 0 Å². The van der Waals surface area contributed by atoms with E-state index in [9.17, 15) is 12.8 Å². The predicted molar refractivity (Wildman–Crippen MR) is 72.4 cm³/mol. The van der Waals surface area contributed by atoms with Gasteiger partial charge < -0.3 is 10.5 Å². The van der Waals surface area contributed by atoms with Gasteiger partial charge in [0, 0.05) is 12.3 Å². The summed E-state index contributed by atoms with van der Waals surface area (Å²) < 4.78 is 44.7. The van der Waals surface area contributed by atoms with E-state index in [1.165, 1.54) is 31.5 Å². The van der Waals surface area contributed by atoms with Crippen molar-refractivity contribution in [3.8, 4) is 5.75 Å². The predicted octanol–water partition coefficient (Wildman–Crippen LogP) is 1.61. The van der Waals surface area contributed by atoms with Crippen molar-refractivity contribution in [2.24, 2.45) is 0 Å². The van der Waals surface area contributed by atoms with Crippen LogP contribution in [-0.2, 0) is 10.0 Å². The first-order valence-electron chi connectivity index (χ1n) is 5.51.